The van der Waals surface area contributed by atoms with Crippen LogP contribution in [0.2, 0.25) is 0 Å². The van der Waals surface area contributed by atoms with Crippen molar-refractivity contribution in [2.24, 2.45) is 22.7 Å². The molecule has 4 aliphatic rings. The Kier molecular flexibility index (Phi) is 3.03. The molecule has 3 heterocycles. The number of hydrogen-bond acceptors (Lipinski definition) is 3. The van der Waals surface area contributed by atoms with Crippen molar-refractivity contribution in [1.29, 1.82) is 0 Å². The van der Waals surface area contributed by atoms with Crippen LogP contribution in [0.5, 0.6) is 0 Å². The average molecular weight is 343 g/mol. The molecule has 1 fully saturated rings. The van der Waals surface area contributed by atoms with E-state index in [-0.39, 0.29) is 23.9 Å². The fraction of sp³-hybridized carbons (Fsp3) is 0.368. The lowest BCUT2D eigenvalue weighted by Gasteiger charge is -2.45. The number of allylic oxidation sites excluding steroid dienone is 3. The van der Waals surface area contributed by atoms with E-state index in [1.165, 1.54) is 12.3 Å². The van der Waals surface area contributed by atoms with Crippen molar-refractivity contribution in [3.8, 4) is 0 Å². The lowest BCUT2D eigenvalue weighted by atomic mass is 9.79. The van der Waals surface area contributed by atoms with Gasteiger partial charge in [0.2, 0.25) is 0 Å². The summed E-state index contributed by atoms with van der Waals surface area (Å²) in [6.07, 6.45) is 6.59. The number of halogens is 3. The molecule has 2 bridgehead atoms. The average Bonchev–Trinajstić information content (AvgIpc) is 3.23. The summed E-state index contributed by atoms with van der Waals surface area (Å²) in [4.78, 5) is 11.0. The highest BCUT2D eigenvalue weighted by Gasteiger charge is 2.54. The molecule has 0 amide bonds. The van der Waals surface area contributed by atoms with Gasteiger partial charge < -0.3 is 4.90 Å². The number of alkyl halides is 3. The van der Waals surface area contributed by atoms with Crippen LogP contribution in [-0.4, -0.2) is 27.9 Å². The van der Waals surface area contributed by atoms with E-state index in [0.29, 0.717) is 11.8 Å². The minimum absolute atomic E-state index is 0.0109. The fourth-order valence-corrected chi connectivity index (χ4v) is 4.72. The van der Waals surface area contributed by atoms with Gasteiger partial charge in [-0.25, -0.2) is 0 Å². The maximum atomic E-state index is 13.2. The third-order valence-corrected chi connectivity index (χ3v) is 5.71. The molecule has 1 aromatic rings. The monoisotopic (exact) mass is 343 g/mol. The first-order valence-corrected chi connectivity index (χ1v) is 8.45. The van der Waals surface area contributed by atoms with Crippen LogP contribution >= 0.6 is 0 Å². The van der Waals surface area contributed by atoms with E-state index in [0.717, 1.165) is 18.2 Å². The molecule has 6 heteroatoms. The summed E-state index contributed by atoms with van der Waals surface area (Å²) in [5, 5.41) is 0. The second kappa shape index (κ2) is 5.07. The number of hydrogen-bond donors (Lipinski definition) is 0. The lowest BCUT2D eigenvalue weighted by Crippen LogP contribution is -2.49. The number of pyridine rings is 1. The second-order valence-electron chi connectivity index (χ2n) is 7.03. The van der Waals surface area contributed by atoms with Crippen LogP contribution in [-0.2, 0) is 0 Å². The van der Waals surface area contributed by atoms with E-state index in [4.69, 9.17) is 4.99 Å². The summed E-state index contributed by atoms with van der Waals surface area (Å²) in [5.41, 5.74) is 0.276. The molecular formula is C19H16F3N3. The lowest BCUT2D eigenvalue weighted by molar-refractivity contribution is -0.0894. The largest absolute Gasteiger partial charge is 0.417 e. The molecule has 0 N–H and O–H groups in total. The molecule has 0 spiro atoms. The molecule has 5 rings (SSSR count). The SMILES string of the molecule is FC(F)(F)C1=CN2C(=NC(c3ccccn3)C3C4C=CC(C4)C32)C=C1. The molecule has 1 aromatic heterocycles. The first-order chi connectivity index (χ1) is 12.0. The smallest absolute Gasteiger partial charge is 0.329 e. The molecule has 5 atom stereocenters. The van der Waals surface area contributed by atoms with Gasteiger partial charge in [0.05, 0.1) is 17.3 Å². The van der Waals surface area contributed by atoms with Crippen LogP contribution in [0.4, 0.5) is 13.2 Å². The van der Waals surface area contributed by atoms with Gasteiger partial charge in [0.15, 0.2) is 0 Å². The van der Waals surface area contributed by atoms with E-state index in [1.54, 1.807) is 11.1 Å². The van der Waals surface area contributed by atoms with Gasteiger partial charge in [0.25, 0.3) is 0 Å². The Labute approximate surface area is 143 Å². The zero-order valence-electron chi connectivity index (χ0n) is 13.3. The maximum absolute atomic E-state index is 13.2. The second-order valence-corrected chi connectivity index (χ2v) is 7.03. The minimum atomic E-state index is -4.34. The highest BCUT2D eigenvalue weighted by Crippen LogP contribution is 2.54. The number of amidine groups is 1. The Hall–Kier alpha value is -2.37. The standard InChI is InChI=1S/C19H16F3N3/c20-19(21,22)13-6-7-15-24-17(14-3-1-2-8-23-14)16-11-4-5-12(9-11)18(16)25(15)10-13/h1-8,10-12,16-18H,9H2. The topological polar surface area (TPSA) is 28.5 Å². The zero-order valence-corrected chi connectivity index (χ0v) is 13.3. The maximum Gasteiger partial charge on any atom is 0.417 e. The third kappa shape index (κ3) is 2.19. The van der Waals surface area contributed by atoms with E-state index >= 15 is 0 Å². The van der Waals surface area contributed by atoms with Crippen LogP contribution < -0.4 is 0 Å². The molecule has 0 aromatic carbocycles. The molecule has 2 aliphatic carbocycles. The third-order valence-electron chi connectivity index (χ3n) is 5.71. The van der Waals surface area contributed by atoms with Gasteiger partial charge in [0.1, 0.15) is 5.84 Å². The molecule has 0 saturated heterocycles. The van der Waals surface area contributed by atoms with Crippen molar-refractivity contribution >= 4 is 5.84 Å². The van der Waals surface area contributed by atoms with Crippen LogP contribution in [0, 0.1) is 17.8 Å². The summed E-state index contributed by atoms with van der Waals surface area (Å²) in [6.45, 7) is 0. The van der Waals surface area contributed by atoms with E-state index in [2.05, 4.69) is 17.1 Å². The summed E-state index contributed by atoms with van der Waals surface area (Å²) in [6, 6.07) is 5.66. The Morgan fingerprint density at radius 2 is 1.92 bits per heavy atom. The van der Waals surface area contributed by atoms with Crippen molar-refractivity contribution in [2.75, 3.05) is 0 Å². The van der Waals surface area contributed by atoms with Crippen LogP contribution in [0.3, 0.4) is 0 Å². The molecule has 25 heavy (non-hydrogen) atoms. The zero-order chi connectivity index (χ0) is 17.2. The Morgan fingerprint density at radius 3 is 2.68 bits per heavy atom. The van der Waals surface area contributed by atoms with Gasteiger partial charge in [-0.3, -0.25) is 9.98 Å². The summed E-state index contributed by atoms with van der Waals surface area (Å²) < 4.78 is 39.5. The van der Waals surface area contributed by atoms with Gasteiger partial charge >= 0.3 is 6.18 Å². The van der Waals surface area contributed by atoms with Gasteiger partial charge in [-0.05, 0) is 42.5 Å². The first-order valence-electron chi connectivity index (χ1n) is 8.45. The molecule has 3 nitrogen and oxygen atoms in total. The molecular weight excluding hydrogens is 327 g/mol. The van der Waals surface area contributed by atoms with Gasteiger partial charge in [-0.1, -0.05) is 18.2 Å². The van der Waals surface area contributed by atoms with Gasteiger partial charge in [-0.15, -0.1) is 0 Å². The molecule has 128 valence electrons. The number of rotatable bonds is 1. The van der Waals surface area contributed by atoms with Crippen molar-refractivity contribution < 1.29 is 13.2 Å². The summed E-state index contributed by atoms with van der Waals surface area (Å²) >= 11 is 0. The predicted molar refractivity (Wildman–Crippen MR) is 87.5 cm³/mol. The fourth-order valence-electron chi connectivity index (χ4n) is 4.72. The molecule has 2 aliphatic heterocycles. The first kappa shape index (κ1) is 14.9. The Bertz CT molecular complexity index is 822. The highest BCUT2D eigenvalue weighted by molar-refractivity contribution is 5.96. The number of nitrogens with zero attached hydrogens (tertiary/aromatic N) is 3. The van der Waals surface area contributed by atoms with E-state index in [9.17, 15) is 13.2 Å². The van der Waals surface area contributed by atoms with Crippen LogP contribution in [0.15, 0.2) is 65.5 Å². The number of aliphatic imine (C=N–C) groups is 1. The Morgan fingerprint density at radius 1 is 1.08 bits per heavy atom. The predicted octanol–water partition coefficient (Wildman–Crippen LogP) is 4.04. The van der Waals surface area contributed by atoms with E-state index < -0.39 is 11.7 Å². The van der Waals surface area contributed by atoms with Crippen molar-refractivity contribution in [3.05, 3.63) is 66.2 Å². The molecule has 1 saturated carbocycles. The summed E-state index contributed by atoms with van der Waals surface area (Å²) in [7, 11) is 0. The van der Waals surface area contributed by atoms with Gasteiger partial charge in [-0.2, -0.15) is 13.2 Å². The number of fused-ring (bicyclic) bond motifs is 7. The minimum Gasteiger partial charge on any atom is -0.329 e. The van der Waals surface area contributed by atoms with Crippen molar-refractivity contribution in [3.63, 3.8) is 0 Å². The normalized spacial score (nSPS) is 35.3. The molecule has 5 unspecified atom stereocenters. The number of aromatic nitrogens is 1. The highest BCUT2D eigenvalue weighted by atomic mass is 19.4. The van der Waals surface area contributed by atoms with Crippen LogP contribution in [0.1, 0.15) is 18.2 Å². The summed E-state index contributed by atoms with van der Waals surface area (Å²) in [5.74, 6) is 1.38. The molecule has 0 radical (unpaired) electrons. The van der Waals surface area contributed by atoms with Crippen molar-refractivity contribution in [2.45, 2.75) is 24.7 Å². The van der Waals surface area contributed by atoms with Crippen molar-refractivity contribution in [1.82, 2.24) is 9.88 Å². The van der Waals surface area contributed by atoms with E-state index in [1.807, 2.05) is 18.2 Å². The quantitative estimate of drug-likeness (QED) is 0.720. The van der Waals surface area contributed by atoms with Crippen LogP contribution in [0.25, 0.3) is 0 Å². The Balaban J connectivity index is 1.62. The van der Waals surface area contributed by atoms with Gasteiger partial charge in [0, 0.05) is 24.4 Å².